The van der Waals surface area contributed by atoms with Gasteiger partial charge < -0.3 is 18.9 Å². The highest BCUT2D eigenvalue weighted by molar-refractivity contribution is 7.52. The predicted molar refractivity (Wildman–Crippen MR) is 88.7 cm³/mol. The Morgan fingerprint density at radius 2 is 1.52 bits per heavy atom. The van der Waals surface area contributed by atoms with Gasteiger partial charge >= 0.3 is 7.60 Å². The first-order valence-corrected chi connectivity index (χ1v) is 9.18. The molecule has 2 aromatic carbocycles. The molecule has 2 aromatic rings. The lowest BCUT2D eigenvalue weighted by atomic mass is 10.2. The minimum atomic E-state index is -3.65. The van der Waals surface area contributed by atoms with Crippen LogP contribution in [0.25, 0.3) is 0 Å². The van der Waals surface area contributed by atoms with Gasteiger partial charge in [0.15, 0.2) is 0 Å². The molecular formula is C17H21O5P. The minimum Gasteiger partial charge on any atom is -0.493 e. The molecule has 2 rings (SSSR count). The third kappa shape index (κ3) is 7.44. The SMILES string of the molecule is O=P(O)(CCOc1ccccc1)OCCOCc1ccccc1. The van der Waals surface area contributed by atoms with E-state index in [9.17, 15) is 9.46 Å². The van der Waals surface area contributed by atoms with E-state index in [1.54, 1.807) is 12.1 Å². The van der Waals surface area contributed by atoms with Gasteiger partial charge in [-0.15, -0.1) is 0 Å². The first-order valence-electron chi connectivity index (χ1n) is 7.42. The molecule has 0 aliphatic heterocycles. The van der Waals surface area contributed by atoms with Gasteiger partial charge in [0.1, 0.15) is 5.75 Å². The first-order chi connectivity index (χ1) is 11.2. The lowest BCUT2D eigenvalue weighted by Crippen LogP contribution is -2.08. The van der Waals surface area contributed by atoms with Crippen molar-refractivity contribution >= 4 is 7.60 Å². The molecule has 0 saturated carbocycles. The average Bonchev–Trinajstić information content (AvgIpc) is 2.56. The summed E-state index contributed by atoms with van der Waals surface area (Å²) in [7, 11) is -3.65. The first kappa shape index (κ1) is 17.7. The van der Waals surface area contributed by atoms with Gasteiger partial charge in [-0.2, -0.15) is 0 Å². The summed E-state index contributed by atoms with van der Waals surface area (Å²) in [5.74, 6) is 0.665. The van der Waals surface area contributed by atoms with Crippen molar-refractivity contribution in [1.82, 2.24) is 0 Å². The van der Waals surface area contributed by atoms with E-state index in [2.05, 4.69) is 0 Å². The lowest BCUT2D eigenvalue weighted by molar-refractivity contribution is 0.0844. The second kappa shape index (κ2) is 9.48. The lowest BCUT2D eigenvalue weighted by Gasteiger charge is -2.13. The average molecular weight is 336 g/mol. The van der Waals surface area contributed by atoms with Crippen molar-refractivity contribution in [3.63, 3.8) is 0 Å². The molecule has 0 saturated heterocycles. The summed E-state index contributed by atoms with van der Waals surface area (Å²) in [6.45, 7) is 0.921. The highest BCUT2D eigenvalue weighted by Gasteiger charge is 2.19. The minimum absolute atomic E-state index is 0.0550. The summed E-state index contributed by atoms with van der Waals surface area (Å²) < 4.78 is 27.6. The third-order valence-corrected chi connectivity index (χ3v) is 4.35. The van der Waals surface area contributed by atoms with Crippen LogP contribution >= 0.6 is 7.60 Å². The molecule has 0 aromatic heterocycles. The van der Waals surface area contributed by atoms with Crippen molar-refractivity contribution in [2.75, 3.05) is 26.0 Å². The number of rotatable bonds is 10. The van der Waals surface area contributed by atoms with Crippen molar-refractivity contribution < 1.29 is 23.5 Å². The summed E-state index contributed by atoms with van der Waals surface area (Å²) in [5.41, 5.74) is 1.05. The molecule has 1 N–H and O–H groups in total. The Morgan fingerprint density at radius 1 is 0.870 bits per heavy atom. The van der Waals surface area contributed by atoms with Crippen LogP contribution in [0, 0.1) is 0 Å². The molecule has 1 atom stereocenters. The zero-order valence-corrected chi connectivity index (χ0v) is 13.7. The van der Waals surface area contributed by atoms with Gasteiger partial charge in [0.25, 0.3) is 0 Å². The van der Waals surface area contributed by atoms with Gasteiger partial charge in [0.2, 0.25) is 0 Å². The van der Waals surface area contributed by atoms with Crippen LogP contribution < -0.4 is 4.74 Å². The van der Waals surface area contributed by atoms with Crippen LogP contribution in [0.5, 0.6) is 5.75 Å². The summed E-state index contributed by atoms with van der Waals surface area (Å²) in [4.78, 5) is 9.71. The fourth-order valence-electron chi connectivity index (χ4n) is 1.86. The number of benzene rings is 2. The molecular weight excluding hydrogens is 315 g/mol. The second-order valence-corrected chi connectivity index (χ2v) is 6.87. The van der Waals surface area contributed by atoms with E-state index in [0.717, 1.165) is 5.56 Å². The fraction of sp³-hybridized carbons (Fsp3) is 0.294. The Bertz CT molecular complexity index is 603. The van der Waals surface area contributed by atoms with Gasteiger partial charge in [-0.3, -0.25) is 4.57 Å². The monoisotopic (exact) mass is 336 g/mol. The smallest absolute Gasteiger partial charge is 0.331 e. The van der Waals surface area contributed by atoms with Crippen LogP contribution in [0.1, 0.15) is 5.56 Å². The van der Waals surface area contributed by atoms with E-state index in [4.69, 9.17) is 14.0 Å². The quantitative estimate of drug-likeness (QED) is 0.531. The van der Waals surface area contributed by atoms with Crippen molar-refractivity contribution in [3.8, 4) is 5.75 Å². The van der Waals surface area contributed by atoms with Gasteiger partial charge in [0.05, 0.1) is 32.6 Å². The number of hydrogen-bond donors (Lipinski definition) is 1. The largest absolute Gasteiger partial charge is 0.493 e. The molecule has 0 aliphatic carbocycles. The van der Waals surface area contributed by atoms with Crippen molar-refractivity contribution in [2.24, 2.45) is 0 Å². The normalized spacial score (nSPS) is 13.4. The molecule has 6 heteroatoms. The molecule has 5 nitrogen and oxygen atoms in total. The predicted octanol–water partition coefficient (Wildman–Crippen LogP) is 3.48. The van der Waals surface area contributed by atoms with Gasteiger partial charge in [-0.25, -0.2) is 0 Å². The zero-order valence-electron chi connectivity index (χ0n) is 12.8. The molecule has 0 bridgehead atoms. The highest BCUT2D eigenvalue weighted by Crippen LogP contribution is 2.41. The maximum atomic E-state index is 11.8. The summed E-state index contributed by atoms with van der Waals surface area (Å²) in [6, 6.07) is 18.9. The van der Waals surface area contributed by atoms with Crippen LogP contribution in [0.15, 0.2) is 60.7 Å². The molecule has 0 spiro atoms. The van der Waals surface area contributed by atoms with E-state index in [1.807, 2.05) is 48.5 Å². The topological polar surface area (TPSA) is 65.0 Å². The van der Waals surface area contributed by atoms with E-state index >= 15 is 0 Å². The Balaban J connectivity index is 1.57. The number of para-hydroxylation sites is 1. The zero-order chi connectivity index (χ0) is 16.4. The maximum Gasteiger partial charge on any atom is 0.331 e. The van der Waals surface area contributed by atoms with Crippen LogP contribution in [-0.2, 0) is 20.4 Å². The van der Waals surface area contributed by atoms with E-state index in [0.29, 0.717) is 12.4 Å². The molecule has 23 heavy (non-hydrogen) atoms. The standard InChI is InChI=1S/C17H21O5P/c18-23(19,14-13-21-17-9-5-2-6-10-17)22-12-11-20-15-16-7-3-1-4-8-16/h1-10H,11-15H2,(H,18,19). The second-order valence-electron chi connectivity index (χ2n) is 4.89. The molecule has 1 unspecified atom stereocenters. The van der Waals surface area contributed by atoms with E-state index in [-0.39, 0.29) is 26.0 Å². The molecule has 0 aliphatic rings. The molecule has 0 fully saturated rings. The summed E-state index contributed by atoms with van der Waals surface area (Å²) in [5, 5.41) is 0. The third-order valence-electron chi connectivity index (χ3n) is 3.02. The van der Waals surface area contributed by atoms with Crippen LogP contribution in [0.4, 0.5) is 0 Å². The number of ether oxygens (including phenoxy) is 2. The molecule has 0 amide bonds. The van der Waals surface area contributed by atoms with Gasteiger partial charge in [-0.1, -0.05) is 48.5 Å². The van der Waals surface area contributed by atoms with Crippen molar-refractivity contribution in [3.05, 3.63) is 66.2 Å². The summed E-state index contributed by atoms with van der Waals surface area (Å²) in [6.07, 6.45) is -0.0550. The maximum absolute atomic E-state index is 11.8. The fourth-order valence-corrected chi connectivity index (χ4v) is 2.67. The molecule has 124 valence electrons. The van der Waals surface area contributed by atoms with Gasteiger partial charge in [-0.05, 0) is 17.7 Å². The summed E-state index contributed by atoms with van der Waals surface area (Å²) >= 11 is 0. The van der Waals surface area contributed by atoms with Gasteiger partial charge in [0, 0.05) is 0 Å². The number of hydrogen-bond acceptors (Lipinski definition) is 4. The van der Waals surface area contributed by atoms with E-state index in [1.165, 1.54) is 0 Å². The van der Waals surface area contributed by atoms with Crippen molar-refractivity contribution in [2.45, 2.75) is 6.61 Å². The Labute approximate surface area is 136 Å². The highest BCUT2D eigenvalue weighted by atomic mass is 31.2. The van der Waals surface area contributed by atoms with Crippen LogP contribution in [0.2, 0.25) is 0 Å². The van der Waals surface area contributed by atoms with Crippen LogP contribution in [-0.4, -0.2) is 30.9 Å². The Morgan fingerprint density at radius 3 is 2.22 bits per heavy atom. The Hall–Kier alpha value is -1.65. The van der Waals surface area contributed by atoms with E-state index < -0.39 is 7.60 Å². The Kier molecular flexibility index (Phi) is 7.30. The molecule has 0 radical (unpaired) electrons. The van der Waals surface area contributed by atoms with Crippen LogP contribution in [0.3, 0.4) is 0 Å². The molecule has 0 heterocycles. The van der Waals surface area contributed by atoms with Crippen molar-refractivity contribution in [1.29, 1.82) is 0 Å².